The largest absolute Gasteiger partial charge is 0.394 e. The van der Waals surface area contributed by atoms with Crippen LogP contribution in [-0.4, -0.2) is 61.5 Å². The van der Waals surface area contributed by atoms with Gasteiger partial charge in [0, 0.05) is 16.0 Å². The van der Waals surface area contributed by atoms with E-state index in [1.54, 1.807) is 16.7 Å². The fourth-order valence-electron chi connectivity index (χ4n) is 6.77. The highest BCUT2D eigenvalue weighted by molar-refractivity contribution is 8.02. The minimum Gasteiger partial charge on any atom is -0.394 e. The summed E-state index contributed by atoms with van der Waals surface area (Å²) in [5.74, 6) is -1.85. The predicted octanol–water partition coefficient (Wildman–Crippen LogP) is 3.62. The molecule has 3 N–H and O–H groups in total. The van der Waals surface area contributed by atoms with Gasteiger partial charge in [-0.2, -0.15) is 0 Å². The molecular formula is C30H37N3O4S. The lowest BCUT2D eigenvalue weighted by molar-refractivity contribution is -0.142. The van der Waals surface area contributed by atoms with Gasteiger partial charge in [-0.05, 0) is 64.7 Å². The second-order valence-corrected chi connectivity index (χ2v) is 14.0. The van der Waals surface area contributed by atoms with Gasteiger partial charge in [-0.15, -0.1) is 11.8 Å². The fourth-order valence-corrected chi connectivity index (χ4v) is 9.12. The van der Waals surface area contributed by atoms with E-state index in [2.05, 4.69) is 17.6 Å². The van der Waals surface area contributed by atoms with E-state index >= 15 is 0 Å². The van der Waals surface area contributed by atoms with Crippen molar-refractivity contribution in [3.05, 3.63) is 66.2 Å². The molecule has 0 saturated carbocycles. The Balaban J connectivity index is 1.55. The number of benzene rings is 2. The van der Waals surface area contributed by atoms with Gasteiger partial charge in [-0.25, -0.2) is 0 Å². The van der Waals surface area contributed by atoms with E-state index in [0.717, 1.165) is 12.0 Å². The van der Waals surface area contributed by atoms with Gasteiger partial charge in [0.2, 0.25) is 17.7 Å². The zero-order chi connectivity index (χ0) is 27.3. The highest BCUT2D eigenvalue weighted by atomic mass is 32.2. The van der Waals surface area contributed by atoms with E-state index in [1.165, 1.54) is 0 Å². The van der Waals surface area contributed by atoms with Crippen LogP contribution in [0.1, 0.15) is 46.1 Å². The number of carbonyl (C=O) groups excluding carboxylic acids is 3. The predicted molar refractivity (Wildman–Crippen MR) is 150 cm³/mol. The number of nitrogens with zero attached hydrogens (tertiary/aromatic N) is 1. The molecule has 5 rings (SSSR count). The van der Waals surface area contributed by atoms with E-state index in [1.807, 2.05) is 81.4 Å². The SMILES string of the molecule is CC(C)(C)NC(=O)C1N([C@@H](CO)Cc2ccccc2)C(=O)[C@@H]2[C@H](C(=O)Nc3ccccc3)[C@]3(C)CCC12S3. The maximum Gasteiger partial charge on any atom is 0.244 e. The van der Waals surface area contributed by atoms with E-state index in [0.29, 0.717) is 18.5 Å². The Labute approximate surface area is 228 Å². The van der Waals surface area contributed by atoms with Gasteiger partial charge in [0.15, 0.2) is 0 Å². The Morgan fingerprint density at radius 3 is 2.29 bits per heavy atom. The molecule has 0 radical (unpaired) electrons. The van der Waals surface area contributed by atoms with Crippen LogP contribution < -0.4 is 10.6 Å². The summed E-state index contributed by atoms with van der Waals surface area (Å²) in [6.07, 6.45) is 1.83. The number of aliphatic hydroxyl groups is 1. The molecule has 3 fully saturated rings. The summed E-state index contributed by atoms with van der Waals surface area (Å²) in [6.45, 7) is 7.55. The number of thioether (sulfide) groups is 1. The van der Waals surface area contributed by atoms with Gasteiger partial charge in [-0.3, -0.25) is 14.4 Å². The number of fused-ring (bicyclic) bond motifs is 1. The summed E-state index contributed by atoms with van der Waals surface area (Å²) in [7, 11) is 0. The third kappa shape index (κ3) is 4.51. The first-order chi connectivity index (χ1) is 18.0. The van der Waals surface area contributed by atoms with Crippen molar-refractivity contribution >= 4 is 35.2 Å². The van der Waals surface area contributed by atoms with Crippen molar-refractivity contribution in [1.82, 2.24) is 10.2 Å². The number of rotatable bonds is 7. The summed E-state index contributed by atoms with van der Waals surface area (Å²) in [5, 5.41) is 16.7. The van der Waals surface area contributed by atoms with Crippen molar-refractivity contribution < 1.29 is 19.5 Å². The molecule has 1 spiro atoms. The zero-order valence-electron chi connectivity index (χ0n) is 22.4. The van der Waals surface area contributed by atoms with Crippen LogP contribution >= 0.6 is 11.8 Å². The highest BCUT2D eigenvalue weighted by Gasteiger charge is 2.77. The Morgan fingerprint density at radius 1 is 1.05 bits per heavy atom. The maximum atomic E-state index is 14.4. The smallest absolute Gasteiger partial charge is 0.244 e. The molecule has 2 aromatic rings. The normalized spacial score (nSPS) is 30.7. The topological polar surface area (TPSA) is 98.7 Å². The van der Waals surface area contributed by atoms with Gasteiger partial charge in [0.1, 0.15) is 6.04 Å². The summed E-state index contributed by atoms with van der Waals surface area (Å²) in [5.41, 5.74) is 1.17. The van der Waals surface area contributed by atoms with E-state index in [-0.39, 0.29) is 24.3 Å². The Hall–Kier alpha value is -2.84. The van der Waals surface area contributed by atoms with Crippen LogP contribution in [0.3, 0.4) is 0 Å². The average Bonchev–Trinajstić information content (AvgIpc) is 3.43. The van der Waals surface area contributed by atoms with Gasteiger partial charge in [0.05, 0.1) is 29.2 Å². The van der Waals surface area contributed by atoms with Crippen LogP contribution in [0, 0.1) is 11.8 Å². The zero-order valence-corrected chi connectivity index (χ0v) is 23.3. The molecule has 0 aromatic heterocycles. The van der Waals surface area contributed by atoms with Crippen molar-refractivity contribution in [3.63, 3.8) is 0 Å². The molecule has 2 aromatic carbocycles. The average molecular weight is 536 g/mol. The molecule has 2 bridgehead atoms. The summed E-state index contributed by atoms with van der Waals surface area (Å²) < 4.78 is -1.19. The standard InChI is InChI=1S/C30H37N3O4S/c1-28(2,3)32-26(36)24-30-16-15-29(4,38-30)22(25(35)31-20-13-9-6-10-14-20)23(30)27(37)33(24)21(18-34)17-19-11-7-5-8-12-19/h5-14,21-24,34H,15-18H2,1-4H3,(H,31,35)(H,32,36)/t21-,22-,23+,24?,29+,30?/m1/s1. The van der Waals surface area contributed by atoms with Crippen molar-refractivity contribution in [2.75, 3.05) is 11.9 Å². The van der Waals surface area contributed by atoms with Gasteiger partial charge < -0.3 is 20.6 Å². The van der Waals surface area contributed by atoms with Crippen molar-refractivity contribution in [2.24, 2.45) is 11.8 Å². The molecule has 3 heterocycles. The van der Waals surface area contributed by atoms with Crippen LogP contribution in [0.15, 0.2) is 60.7 Å². The first-order valence-electron chi connectivity index (χ1n) is 13.3. The first kappa shape index (κ1) is 26.8. The first-order valence-corrected chi connectivity index (χ1v) is 14.2. The lowest BCUT2D eigenvalue weighted by Crippen LogP contribution is -2.59. The lowest BCUT2D eigenvalue weighted by Gasteiger charge is -2.38. The molecule has 2 unspecified atom stereocenters. The number of hydrogen-bond donors (Lipinski definition) is 3. The third-order valence-corrected chi connectivity index (χ3v) is 10.2. The fraction of sp³-hybridized carbons (Fsp3) is 0.500. The summed E-state index contributed by atoms with van der Waals surface area (Å²) in [4.78, 5) is 43.8. The molecule has 6 atom stereocenters. The second-order valence-electron chi connectivity index (χ2n) is 12.1. The highest BCUT2D eigenvalue weighted by Crippen LogP contribution is 2.71. The number of likely N-dealkylation sites (tertiary alicyclic amines) is 1. The Bertz CT molecular complexity index is 1220. The molecule has 38 heavy (non-hydrogen) atoms. The van der Waals surface area contributed by atoms with Crippen molar-refractivity contribution in [3.8, 4) is 0 Å². The van der Waals surface area contributed by atoms with Crippen LogP contribution in [0.4, 0.5) is 5.69 Å². The summed E-state index contributed by atoms with van der Waals surface area (Å²) >= 11 is 1.64. The molecule has 8 heteroatoms. The monoisotopic (exact) mass is 535 g/mol. The molecule has 0 aliphatic carbocycles. The van der Waals surface area contributed by atoms with Crippen LogP contribution in [0.25, 0.3) is 0 Å². The number of carbonyl (C=O) groups is 3. The number of aliphatic hydroxyl groups excluding tert-OH is 1. The molecule has 3 aliphatic heterocycles. The van der Waals surface area contributed by atoms with Crippen molar-refractivity contribution in [2.45, 2.75) is 74.1 Å². The van der Waals surface area contributed by atoms with Gasteiger partial charge in [-0.1, -0.05) is 48.5 Å². The van der Waals surface area contributed by atoms with E-state index in [4.69, 9.17) is 0 Å². The number of anilines is 1. The minimum atomic E-state index is -0.776. The second kappa shape index (κ2) is 9.72. The Morgan fingerprint density at radius 2 is 1.68 bits per heavy atom. The Kier molecular flexibility index (Phi) is 6.84. The van der Waals surface area contributed by atoms with Crippen LogP contribution in [0.2, 0.25) is 0 Å². The molecule has 7 nitrogen and oxygen atoms in total. The quantitative estimate of drug-likeness (QED) is 0.503. The number of para-hydroxylation sites is 1. The minimum absolute atomic E-state index is 0.188. The summed E-state index contributed by atoms with van der Waals surface area (Å²) in [6, 6.07) is 17.6. The van der Waals surface area contributed by atoms with Crippen LogP contribution in [0.5, 0.6) is 0 Å². The van der Waals surface area contributed by atoms with Crippen LogP contribution in [-0.2, 0) is 20.8 Å². The van der Waals surface area contributed by atoms with Crippen molar-refractivity contribution in [1.29, 1.82) is 0 Å². The van der Waals surface area contributed by atoms with Gasteiger partial charge in [0.25, 0.3) is 0 Å². The molecule has 3 amide bonds. The number of amides is 3. The van der Waals surface area contributed by atoms with Gasteiger partial charge >= 0.3 is 0 Å². The third-order valence-electron chi connectivity index (χ3n) is 8.20. The molecular weight excluding hydrogens is 498 g/mol. The molecule has 202 valence electrons. The molecule has 3 saturated heterocycles. The molecule has 3 aliphatic rings. The number of hydrogen-bond acceptors (Lipinski definition) is 5. The number of nitrogens with one attached hydrogen (secondary N) is 2. The lowest BCUT2D eigenvalue weighted by atomic mass is 9.66. The van der Waals surface area contributed by atoms with E-state index in [9.17, 15) is 19.5 Å². The van der Waals surface area contributed by atoms with E-state index < -0.39 is 39.0 Å². The maximum absolute atomic E-state index is 14.4.